The molecule has 0 N–H and O–H groups in total. The van der Waals surface area contributed by atoms with Crippen molar-refractivity contribution in [2.24, 2.45) is 0 Å². The quantitative estimate of drug-likeness (QED) is 0.511. The van der Waals surface area contributed by atoms with Crippen molar-refractivity contribution in [2.75, 3.05) is 28.4 Å². The highest BCUT2D eigenvalue weighted by atomic mass is 16.5. The van der Waals surface area contributed by atoms with Crippen LogP contribution < -0.4 is 23.5 Å². The van der Waals surface area contributed by atoms with Crippen LogP contribution in [0, 0.1) is 6.33 Å². The minimum absolute atomic E-state index is 0.694. The van der Waals surface area contributed by atoms with Crippen LogP contribution in [0.15, 0.2) is 48.8 Å². The number of hydrogen-bond acceptors (Lipinski definition) is 4. The van der Waals surface area contributed by atoms with Gasteiger partial charge in [-0.1, -0.05) is 0 Å². The van der Waals surface area contributed by atoms with E-state index in [4.69, 9.17) is 18.9 Å². The summed E-state index contributed by atoms with van der Waals surface area (Å²) in [6.45, 7) is 0. The maximum absolute atomic E-state index is 5.46. The molecule has 3 rings (SSSR count). The van der Waals surface area contributed by atoms with Crippen LogP contribution in [0.4, 0.5) is 0 Å². The van der Waals surface area contributed by atoms with Gasteiger partial charge in [0.05, 0.1) is 28.4 Å². The highest BCUT2D eigenvalue weighted by Crippen LogP contribution is 2.28. The molecular formula is C19H20N2O4. The molecule has 0 aliphatic rings. The Morgan fingerprint density at radius 1 is 0.800 bits per heavy atom. The minimum atomic E-state index is 0.694. The largest absolute Gasteiger partial charge is 0.500 e. The van der Waals surface area contributed by atoms with Gasteiger partial charge >= 0.3 is 0 Å². The Morgan fingerprint density at radius 2 is 1.44 bits per heavy atom. The molecule has 0 spiro atoms. The van der Waals surface area contributed by atoms with Gasteiger partial charge in [-0.25, -0.2) is 0 Å². The predicted octanol–water partition coefficient (Wildman–Crippen LogP) is 2.59. The summed E-state index contributed by atoms with van der Waals surface area (Å²) in [5.74, 6) is 2.86. The highest BCUT2D eigenvalue weighted by molar-refractivity contribution is 5.51. The molecule has 0 aliphatic heterocycles. The molecule has 0 radical (unpaired) electrons. The maximum Gasteiger partial charge on any atom is 0.269 e. The van der Waals surface area contributed by atoms with Crippen molar-refractivity contribution in [1.29, 1.82) is 0 Å². The normalized spacial score (nSPS) is 10.4. The predicted molar refractivity (Wildman–Crippen MR) is 92.3 cm³/mol. The Morgan fingerprint density at radius 3 is 2.08 bits per heavy atom. The van der Waals surface area contributed by atoms with Crippen molar-refractivity contribution < 1.29 is 23.5 Å². The summed E-state index contributed by atoms with van der Waals surface area (Å²) in [5, 5.41) is 0. The van der Waals surface area contributed by atoms with Crippen molar-refractivity contribution in [3.05, 3.63) is 55.1 Å². The number of methoxy groups -OCH3 is 4. The fourth-order valence-corrected chi connectivity index (χ4v) is 2.55. The third-order valence-electron chi connectivity index (χ3n) is 3.87. The van der Waals surface area contributed by atoms with Crippen LogP contribution in [0.1, 0.15) is 0 Å². The fraction of sp³-hybridized carbons (Fsp3) is 0.211. The molecule has 0 saturated carbocycles. The summed E-state index contributed by atoms with van der Waals surface area (Å²) >= 11 is 0. The average Bonchev–Trinajstić information content (AvgIpc) is 3.16. The van der Waals surface area contributed by atoms with Gasteiger partial charge in [0.25, 0.3) is 6.33 Å². The third kappa shape index (κ3) is 3.24. The molecule has 0 unspecified atom stereocenters. The Kier molecular flexibility index (Phi) is 4.79. The lowest BCUT2D eigenvalue weighted by Gasteiger charge is -2.11. The molecule has 1 heterocycles. The van der Waals surface area contributed by atoms with E-state index < -0.39 is 0 Å². The molecule has 25 heavy (non-hydrogen) atoms. The molecule has 3 aromatic rings. The summed E-state index contributed by atoms with van der Waals surface area (Å²) in [4.78, 5) is 0. The van der Waals surface area contributed by atoms with Crippen LogP contribution >= 0.6 is 0 Å². The lowest BCUT2D eigenvalue weighted by atomic mass is 10.2. The van der Waals surface area contributed by atoms with Crippen molar-refractivity contribution in [2.45, 2.75) is 0 Å². The van der Waals surface area contributed by atoms with Gasteiger partial charge in [0.1, 0.15) is 34.4 Å². The Bertz CT molecular complexity index is 804. The van der Waals surface area contributed by atoms with Gasteiger partial charge in [0, 0.05) is 24.5 Å². The van der Waals surface area contributed by atoms with Gasteiger partial charge in [-0.05, 0) is 24.3 Å². The lowest BCUT2D eigenvalue weighted by molar-refractivity contribution is -0.599. The summed E-state index contributed by atoms with van der Waals surface area (Å²) in [6.07, 6.45) is 7.06. The van der Waals surface area contributed by atoms with Crippen molar-refractivity contribution in [3.8, 4) is 34.4 Å². The van der Waals surface area contributed by atoms with E-state index >= 15 is 0 Å². The first-order chi connectivity index (χ1) is 12.2. The number of aromatic nitrogens is 2. The van der Waals surface area contributed by atoms with Crippen LogP contribution in [0.2, 0.25) is 0 Å². The Labute approximate surface area is 146 Å². The topological polar surface area (TPSA) is 45.7 Å². The molecule has 0 fully saturated rings. The molecule has 0 aliphatic carbocycles. The van der Waals surface area contributed by atoms with Crippen molar-refractivity contribution in [1.82, 2.24) is 4.57 Å². The Hall–Kier alpha value is -3.15. The van der Waals surface area contributed by atoms with Crippen LogP contribution in [0.5, 0.6) is 23.0 Å². The molecule has 2 aromatic carbocycles. The van der Waals surface area contributed by atoms with Gasteiger partial charge in [0.2, 0.25) is 0 Å². The van der Waals surface area contributed by atoms with Gasteiger partial charge in [-0.3, -0.25) is 9.13 Å². The molecule has 6 nitrogen and oxygen atoms in total. The van der Waals surface area contributed by atoms with Crippen LogP contribution in [0.3, 0.4) is 0 Å². The summed E-state index contributed by atoms with van der Waals surface area (Å²) in [5.41, 5.74) is 1.71. The zero-order valence-electron chi connectivity index (χ0n) is 14.6. The lowest BCUT2D eigenvalue weighted by Crippen LogP contribution is -2.28. The van der Waals surface area contributed by atoms with Crippen LogP contribution in [-0.4, -0.2) is 33.0 Å². The van der Waals surface area contributed by atoms with E-state index in [1.54, 1.807) is 28.4 Å². The molecule has 0 bridgehead atoms. The van der Waals surface area contributed by atoms with Gasteiger partial charge in [-0.15, -0.1) is 0 Å². The van der Waals surface area contributed by atoms with E-state index in [2.05, 4.69) is 6.33 Å². The summed E-state index contributed by atoms with van der Waals surface area (Å²) in [7, 11) is 6.50. The number of benzene rings is 2. The average molecular weight is 340 g/mol. The standard InChI is InChI=1S/C19H20N2O4/c1-22-14-5-7-16(18(11-14)24-3)20-9-10-21(13-20)17-8-6-15(23-2)12-19(17)25-4/h5-12H,1-4H3. The summed E-state index contributed by atoms with van der Waals surface area (Å²) < 4.78 is 25.1. The first-order valence-corrected chi connectivity index (χ1v) is 7.67. The molecule has 130 valence electrons. The fourth-order valence-electron chi connectivity index (χ4n) is 2.55. The van der Waals surface area contributed by atoms with E-state index in [-0.39, 0.29) is 0 Å². The first kappa shape index (κ1) is 16.7. The molecule has 6 heteroatoms. The number of rotatable bonds is 6. The van der Waals surface area contributed by atoms with Crippen molar-refractivity contribution >= 4 is 0 Å². The van der Waals surface area contributed by atoms with Crippen LogP contribution in [-0.2, 0) is 0 Å². The third-order valence-corrected chi connectivity index (χ3v) is 3.87. The summed E-state index contributed by atoms with van der Waals surface area (Å²) in [6, 6.07) is 11.3. The molecule has 0 saturated heterocycles. The first-order valence-electron chi connectivity index (χ1n) is 7.67. The van der Waals surface area contributed by atoms with E-state index in [9.17, 15) is 0 Å². The Balaban J connectivity index is 2.01. The number of imidazole rings is 1. The van der Waals surface area contributed by atoms with Crippen LogP contribution in [0.25, 0.3) is 11.4 Å². The van der Waals surface area contributed by atoms with Crippen molar-refractivity contribution in [3.63, 3.8) is 0 Å². The SMILES string of the molecule is COc1ccc(-n2[c-][n+](-c3ccc(OC)cc3OC)cc2)c(OC)c1. The zero-order chi connectivity index (χ0) is 17.8. The van der Waals surface area contributed by atoms with E-state index in [0.29, 0.717) is 11.5 Å². The van der Waals surface area contributed by atoms with E-state index in [1.807, 2.05) is 57.9 Å². The molecule has 1 aromatic heterocycles. The second kappa shape index (κ2) is 7.17. The molecular weight excluding hydrogens is 320 g/mol. The zero-order valence-corrected chi connectivity index (χ0v) is 14.6. The second-order valence-electron chi connectivity index (χ2n) is 5.21. The number of nitrogens with zero attached hydrogens (tertiary/aromatic N) is 2. The van der Waals surface area contributed by atoms with E-state index in [0.717, 1.165) is 22.9 Å². The van der Waals surface area contributed by atoms with Gasteiger partial charge in [0.15, 0.2) is 0 Å². The van der Waals surface area contributed by atoms with Gasteiger partial charge in [-0.2, -0.15) is 0 Å². The highest BCUT2D eigenvalue weighted by Gasteiger charge is 2.12. The van der Waals surface area contributed by atoms with E-state index in [1.165, 1.54) is 0 Å². The minimum Gasteiger partial charge on any atom is -0.500 e. The number of hydrogen-bond donors (Lipinski definition) is 0. The number of ether oxygens (including phenoxy) is 4. The monoisotopic (exact) mass is 340 g/mol. The van der Waals surface area contributed by atoms with Gasteiger partial charge < -0.3 is 18.9 Å². The maximum atomic E-state index is 5.46. The molecule has 0 atom stereocenters. The molecule has 0 amide bonds. The second-order valence-corrected chi connectivity index (χ2v) is 5.21. The smallest absolute Gasteiger partial charge is 0.269 e.